The number of rotatable bonds is 9. The second kappa shape index (κ2) is 8.54. The summed E-state index contributed by atoms with van der Waals surface area (Å²) in [6.07, 6.45) is 4.90. The number of fused-ring (bicyclic) bond motifs is 1. The predicted molar refractivity (Wildman–Crippen MR) is 89.5 cm³/mol. The highest BCUT2D eigenvalue weighted by atomic mass is 32.1. The van der Waals surface area contributed by atoms with Gasteiger partial charge in [-0.3, -0.25) is 9.59 Å². The molecule has 0 unspecified atom stereocenters. The first-order chi connectivity index (χ1) is 10.7. The zero-order valence-corrected chi connectivity index (χ0v) is 13.3. The van der Waals surface area contributed by atoms with E-state index in [1.54, 1.807) is 11.3 Å². The molecule has 1 aromatic heterocycles. The summed E-state index contributed by atoms with van der Waals surface area (Å²) in [6.45, 7) is 0.669. The normalized spacial score (nSPS) is 10.7. The van der Waals surface area contributed by atoms with Crippen LogP contribution in [-0.4, -0.2) is 23.5 Å². The third-order valence-electron chi connectivity index (χ3n) is 3.58. The molecule has 0 aliphatic heterocycles. The van der Waals surface area contributed by atoms with Gasteiger partial charge in [0.05, 0.1) is 5.56 Å². The van der Waals surface area contributed by atoms with Crippen molar-refractivity contribution >= 4 is 33.3 Å². The van der Waals surface area contributed by atoms with E-state index >= 15 is 0 Å². The summed E-state index contributed by atoms with van der Waals surface area (Å²) in [5, 5.41) is 14.4. The van der Waals surface area contributed by atoms with Crippen molar-refractivity contribution in [2.24, 2.45) is 0 Å². The number of carbonyl (C=O) groups is 2. The smallest absolute Gasteiger partial charge is 0.303 e. The number of unbranched alkanes of at least 4 members (excludes halogenated alkanes) is 4. The van der Waals surface area contributed by atoms with Crippen molar-refractivity contribution in [3.05, 3.63) is 35.2 Å². The monoisotopic (exact) mass is 319 g/mol. The molecule has 118 valence electrons. The first-order valence-corrected chi connectivity index (χ1v) is 8.52. The Labute approximate surface area is 134 Å². The maximum atomic E-state index is 12.2. The quantitative estimate of drug-likeness (QED) is 0.685. The maximum Gasteiger partial charge on any atom is 0.303 e. The van der Waals surface area contributed by atoms with Crippen LogP contribution in [0.3, 0.4) is 0 Å². The largest absolute Gasteiger partial charge is 0.481 e. The fraction of sp³-hybridized carbons (Fsp3) is 0.412. The van der Waals surface area contributed by atoms with Crippen molar-refractivity contribution in [1.82, 2.24) is 5.32 Å². The van der Waals surface area contributed by atoms with Gasteiger partial charge < -0.3 is 10.4 Å². The maximum absolute atomic E-state index is 12.2. The number of nitrogens with one attached hydrogen (secondary N) is 1. The molecule has 2 N–H and O–H groups in total. The minimum Gasteiger partial charge on any atom is -0.481 e. The van der Waals surface area contributed by atoms with Gasteiger partial charge in [-0.15, -0.1) is 11.3 Å². The lowest BCUT2D eigenvalue weighted by molar-refractivity contribution is -0.137. The predicted octanol–water partition coefficient (Wildman–Crippen LogP) is 4.06. The first-order valence-electron chi connectivity index (χ1n) is 7.64. The summed E-state index contributed by atoms with van der Waals surface area (Å²) < 4.78 is 1.13. The molecule has 0 saturated carbocycles. The third kappa shape index (κ3) is 4.84. The molecule has 1 heterocycles. The van der Waals surface area contributed by atoms with E-state index in [2.05, 4.69) is 5.32 Å². The molecule has 0 atom stereocenters. The summed E-state index contributed by atoms with van der Waals surface area (Å²) in [5.41, 5.74) is 0.752. The molecule has 2 aromatic rings. The van der Waals surface area contributed by atoms with Crippen LogP contribution in [0.4, 0.5) is 0 Å². The SMILES string of the molecule is O=C(O)CCCCCCCNC(=O)c1csc2ccccc12. The van der Waals surface area contributed by atoms with Gasteiger partial charge >= 0.3 is 5.97 Å². The van der Waals surface area contributed by atoms with E-state index in [1.807, 2.05) is 29.6 Å². The van der Waals surface area contributed by atoms with E-state index in [-0.39, 0.29) is 12.3 Å². The lowest BCUT2D eigenvalue weighted by Gasteiger charge is -2.04. The third-order valence-corrected chi connectivity index (χ3v) is 4.54. The average Bonchev–Trinajstić information content (AvgIpc) is 2.93. The number of carboxylic acids is 1. The number of benzene rings is 1. The molecule has 0 fully saturated rings. The Morgan fingerprint density at radius 2 is 1.77 bits per heavy atom. The number of hydrogen-bond donors (Lipinski definition) is 2. The fourth-order valence-electron chi connectivity index (χ4n) is 2.38. The highest BCUT2D eigenvalue weighted by Gasteiger charge is 2.10. The van der Waals surface area contributed by atoms with Crippen LogP contribution >= 0.6 is 11.3 Å². The Balaban J connectivity index is 1.65. The summed E-state index contributed by atoms with van der Waals surface area (Å²) >= 11 is 1.59. The summed E-state index contributed by atoms with van der Waals surface area (Å²) in [4.78, 5) is 22.5. The summed E-state index contributed by atoms with van der Waals surface area (Å²) in [6, 6.07) is 7.92. The molecule has 1 aromatic carbocycles. The lowest BCUT2D eigenvalue weighted by atomic mass is 10.1. The second-order valence-corrected chi connectivity index (χ2v) is 6.22. The van der Waals surface area contributed by atoms with Crippen molar-refractivity contribution in [2.45, 2.75) is 38.5 Å². The van der Waals surface area contributed by atoms with Gasteiger partial charge in [-0.05, 0) is 18.9 Å². The lowest BCUT2D eigenvalue weighted by Crippen LogP contribution is -2.24. The van der Waals surface area contributed by atoms with Crippen molar-refractivity contribution in [3.8, 4) is 0 Å². The molecule has 2 rings (SSSR count). The topological polar surface area (TPSA) is 66.4 Å². The van der Waals surface area contributed by atoms with Gasteiger partial charge in [0.2, 0.25) is 0 Å². The van der Waals surface area contributed by atoms with Gasteiger partial charge in [0.15, 0.2) is 0 Å². The molecule has 4 nitrogen and oxygen atoms in total. The first kappa shape index (κ1) is 16.5. The van der Waals surface area contributed by atoms with Crippen molar-refractivity contribution in [1.29, 1.82) is 0 Å². The number of aliphatic carboxylic acids is 1. The average molecular weight is 319 g/mol. The minimum atomic E-state index is -0.727. The number of amides is 1. The fourth-order valence-corrected chi connectivity index (χ4v) is 3.32. The van der Waals surface area contributed by atoms with Crippen LogP contribution in [0.25, 0.3) is 10.1 Å². The van der Waals surface area contributed by atoms with Crippen molar-refractivity contribution < 1.29 is 14.7 Å². The van der Waals surface area contributed by atoms with E-state index in [1.165, 1.54) is 0 Å². The van der Waals surface area contributed by atoms with Crippen LogP contribution in [-0.2, 0) is 4.79 Å². The van der Waals surface area contributed by atoms with Crippen LogP contribution in [0, 0.1) is 0 Å². The van der Waals surface area contributed by atoms with Crippen molar-refractivity contribution in [3.63, 3.8) is 0 Å². The van der Waals surface area contributed by atoms with Gasteiger partial charge in [-0.1, -0.05) is 37.5 Å². The Morgan fingerprint density at radius 1 is 1.05 bits per heavy atom. The second-order valence-electron chi connectivity index (χ2n) is 5.31. The highest BCUT2D eigenvalue weighted by Crippen LogP contribution is 2.25. The molecule has 0 bridgehead atoms. The molecule has 1 amide bonds. The Morgan fingerprint density at radius 3 is 2.59 bits per heavy atom. The molecular weight excluding hydrogens is 298 g/mol. The van der Waals surface area contributed by atoms with Gasteiger partial charge in [0.1, 0.15) is 0 Å². The number of thiophene rings is 1. The zero-order chi connectivity index (χ0) is 15.8. The van der Waals surface area contributed by atoms with E-state index in [0.717, 1.165) is 47.8 Å². The number of carbonyl (C=O) groups excluding carboxylic acids is 1. The van der Waals surface area contributed by atoms with E-state index in [4.69, 9.17) is 5.11 Å². The zero-order valence-electron chi connectivity index (χ0n) is 12.5. The molecule has 0 saturated heterocycles. The molecule has 0 aliphatic rings. The van der Waals surface area contributed by atoms with Crippen LogP contribution in [0.1, 0.15) is 48.9 Å². The van der Waals surface area contributed by atoms with Gasteiger partial charge in [-0.2, -0.15) is 0 Å². The van der Waals surface area contributed by atoms with Gasteiger partial charge in [0.25, 0.3) is 5.91 Å². The summed E-state index contributed by atoms with van der Waals surface area (Å²) in [5.74, 6) is -0.737. The molecule has 5 heteroatoms. The van der Waals surface area contributed by atoms with Crippen LogP contribution in [0.5, 0.6) is 0 Å². The molecule has 22 heavy (non-hydrogen) atoms. The van der Waals surface area contributed by atoms with E-state index in [9.17, 15) is 9.59 Å². The van der Waals surface area contributed by atoms with E-state index in [0.29, 0.717) is 6.54 Å². The number of carboxylic acid groups (broad SMARTS) is 1. The molecule has 0 aliphatic carbocycles. The molecular formula is C17H21NO3S. The number of hydrogen-bond acceptors (Lipinski definition) is 3. The van der Waals surface area contributed by atoms with Crippen LogP contribution < -0.4 is 5.32 Å². The minimum absolute atomic E-state index is 0.0108. The van der Waals surface area contributed by atoms with Crippen LogP contribution in [0.2, 0.25) is 0 Å². The Kier molecular flexibility index (Phi) is 6.40. The molecule has 0 spiro atoms. The van der Waals surface area contributed by atoms with E-state index < -0.39 is 5.97 Å². The highest BCUT2D eigenvalue weighted by molar-refractivity contribution is 7.17. The van der Waals surface area contributed by atoms with Crippen LogP contribution in [0.15, 0.2) is 29.6 Å². The van der Waals surface area contributed by atoms with Gasteiger partial charge in [-0.25, -0.2) is 0 Å². The van der Waals surface area contributed by atoms with Crippen molar-refractivity contribution in [2.75, 3.05) is 6.54 Å². The summed E-state index contributed by atoms with van der Waals surface area (Å²) in [7, 11) is 0. The molecule has 0 radical (unpaired) electrons. The Hall–Kier alpha value is -1.88. The van der Waals surface area contributed by atoms with Gasteiger partial charge in [0, 0.05) is 28.4 Å². The standard InChI is InChI=1S/C17H21NO3S/c19-16(20)10-4-2-1-3-7-11-18-17(21)14-12-22-15-9-6-5-8-13(14)15/h5-6,8-9,12H,1-4,7,10-11H2,(H,18,21)(H,19,20). The Bertz CT molecular complexity index is 636.